The van der Waals surface area contributed by atoms with E-state index in [1.54, 1.807) is 30.3 Å². The van der Waals surface area contributed by atoms with E-state index in [4.69, 9.17) is 39.5 Å². The van der Waals surface area contributed by atoms with Gasteiger partial charge in [0, 0.05) is 21.0 Å². The van der Waals surface area contributed by atoms with Gasteiger partial charge < -0.3 is 4.74 Å². The molecule has 0 aliphatic rings. The average Bonchev–Trinajstić information content (AvgIpc) is 2.69. The van der Waals surface area contributed by atoms with Crippen LogP contribution in [0, 0.1) is 0 Å². The summed E-state index contributed by atoms with van der Waals surface area (Å²) in [7, 11) is 0. The zero-order chi connectivity index (χ0) is 19.7. The number of ether oxygens (including phenoxy) is 1. The van der Waals surface area contributed by atoms with Crippen molar-refractivity contribution in [1.29, 1.82) is 0 Å². The molecule has 4 rings (SSSR count). The van der Waals surface area contributed by atoms with E-state index in [2.05, 4.69) is 4.98 Å². The molecule has 3 nitrogen and oxygen atoms in total. The lowest BCUT2D eigenvalue weighted by atomic mass is 10.0. The molecule has 0 atom stereocenters. The van der Waals surface area contributed by atoms with Gasteiger partial charge in [-0.15, -0.1) is 0 Å². The number of carbonyl (C=O) groups excluding carboxylic acids is 1. The van der Waals surface area contributed by atoms with Crippen LogP contribution in [-0.4, -0.2) is 11.0 Å². The monoisotopic (exact) mass is 427 g/mol. The molecule has 28 heavy (non-hydrogen) atoms. The summed E-state index contributed by atoms with van der Waals surface area (Å²) in [6.45, 7) is 0. The molecule has 0 fully saturated rings. The van der Waals surface area contributed by atoms with Crippen LogP contribution in [0.5, 0.6) is 5.75 Å². The fourth-order valence-corrected chi connectivity index (χ4v) is 3.40. The van der Waals surface area contributed by atoms with Crippen molar-refractivity contribution in [3.63, 3.8) is 0 Å². The molecular formula is C22H12Cl3NO2. The normalized spacial score (nSPS) is 10.8. The van der Waals surface area contributed by atoms with Crippen LogP contribution in [0.3, 0.4) is 0 Å². The molecule has 1 aromatic heterocycles. The lowest BCUT2D eigenvalue weighted by Crippen LogP contribution is -2.10. The first-order valence-corrected chi connectivity index (χ1v) is 9.47. The van der Waals surface area contributed by atoms with E-state index in [0.717, 1.165) is 5.56 Å². The van der Waals surface area contributed by atoms with Crippen LogP contribution >= 0.6 is 34.8 Å². The molecular weight excluding hydrogens is 417 g/mol. The van der Waals surface area contributed by atoms with Crippen molar-refractivity contribution in [1.82, 2.24) is 4.98 Å². The van der Waals surface area contributed by atoms with E-state index < -0.39 is 5.97 Å². The Bertz CT molecular complexity index is 1190. The number of pyridine rings is 1. The smallest absolute Gasteiger partial charge is 0.344 e. The van der Waals surface area contributed by atoms with Crippen molar-refractivity contribution in [3.05, 3.63) is 93.4 Å². The van der Waals surface area contributed by atoms with E-state index in [1.165, 1.54) is 6.07 Å². The topological polar surface area (TPSA) is 39.2 Å². The van der Waals surface area contributed by atoms with E-state index in [1.807, 2.05) is 36.4 Å². The zero-order valence-electron chi connectivity index (χ0n) is 14.3. The lowest BCUT2D eigenvalue weighted by molar-refractivity contribution is 0.0737. The van der Waals surface area contributed by atoms with Crippen LogP contribution < -0.4 is 4.74 Å². The quantitative estimate of drug-likeness (QED) is 0.258. The van der Waals surface area contributed by atoms with Gasteiger partial charge in [-0.2, -0.15) is 0 Å². The van der Waals surface area contributed by atoms with Crippen LogP contribution in [0.4, 0.5) is 0 Å². The number of hydrogen-bond donors (Lipinski definition) is 0. The maximum Gasteiger partial charge on any atom is 0.344 e. The number of nitrogens with zero attached hydrogens (tertiary/aromatic N) is 1. The summed E-state index contributed by atoms with van der Waals surface area (Å²) >= 11 is 18.0. The van der Waals surface area contributed by atoms with Gasteiger partial charge in [0.1, 0.15) is 5.75 Å². The van der Waals surface area contributed by atoms with E-state index in [9.17, 15) is 4.79 Å². The van der Waals surface area contributed by atoms with Gasteiger partial charge in [0.15, 0.2) is 0 Å². The molecule has 138 valence electrons. The number of carbonyl (C=O) groups is 1. The van der Waals surface area contributed by atoms with Crippen LogP contribution in [0.25, 0.3) is 22.2 Å². The standard InChI is InChI=1S/C22H12Cl3NO2/c23-14-7-5-13(6-8-14)20-12-17(16-3-1-2-4-19(16)26-20)22(27)28-21-10-9-15(24)11-18(21)25/h1-12H. The summed E-state index contributed by atoms with van der Waals surface area (Å²) in [5, 5.41) is 2.04. The van der Waals surface area contributed by atoms with Crippen molar-refractivity contribution in [2.24, 2.45) is 0 Å². The number of hydrogen-bond acceptors (Lipinski definition) is 3. The summed E-state index contributed by atoms with van der Waals surface area (Å²) in [5.41, 5.74) is 2.56. The van der Waals surface area contributed by atoms with E-state index in [-0.39, 0.29) is 10.8 Å². The Kier molecular flexibility index (Phi) is 5.23. The molecule has 3 aromatic carbocycles. The summed E-state index contributed by atoms with van der Waals surface area (Å²) < 4.78 is 5.53. The molecule has 6 heteroatoms. The molecule has 0 amide bonds. The SMILES string of the molecule is O=C(Oc1ccc(Cl)cc1Cl)c1cc(-c2ccc(Cl)cc2)nc2ccccc12. The van der Waals surface area contributed by atoms with Crippen LogP contribution in [0.2, 0.25) is 15.1 Å². The second-order valence-electron chi connectivity index (χ2n) is 6.04. The summed E-state index contributed by atoms with van der Waals surface area (Å²) in [4.78, 5) is 17.6. The summed E-state index contributed by atoms with van der Waals surface area (Å²) in [5.74, 6) is -0.289. The van der Waals surface area contributed by atoms with Gasteiger partial charge in [-0.25, -0.2) is 9.78 Å². The molecule has 0 aliphatic carbocycles. The Morgan fingerprint density at radius 1 is 0.821 bits per heavy atom. The first kappa shape index (κ1) is 18.8. The highest BCUT2D eigenvalue weighted by molar-refractivity contribution is 6.35. The van der Waals surface area contributed by atoms with Crippen molar-refractivity contribution in [2.45, 2.75) is 0 Å². The molecule has 0 saturated carbocycles. The fraction of sp³-hybridized carbons (Fsp3) is 0. The zero-order valence-corrected chi connectivity index (χ0v) is 16.6. The number of aromatic nitrogens is 1. The van der Waals surface area contributed by atoms with Gasteiger partial charge in [0.2, 0.25) is 0 Å². The van der Waals surface area contributed by atoms with Gasteiger partial charge in [0.05, 0.1) is 21.8 Å². The predicted octanol–water partition coefficient (Wildman–Crippen LogP) is 7.08. The number of para-hydroxylation sites is 1. The Hall–Kier alpha value is -2.59. The maximum absolute atomic E-state index is 12.9. The van der Waals surface area contributed by atoms with Crippen LogP contribution in [-0.2, 0) is 0 Å². The minimum atomic E-state index is -0.530. The van der Waals surface area contributed by atoms with E-state index in [0.29, 0.717) is 32.2 Å². The number of rotatable bonds is 3. The average molecular weight is 429 g/mol. The Balaban J connectivity index is 1.80. The number of fused-ring (bicyclic) bond motifs is 1. The second-order valence-corrected chi connectivity index (χ2v) is 7.32. The van der Waals surface area contributed by atoms with E-state index >= 15 is 0 Å². The van der Waals surface area contributed by atoms with Crippen LogP contribution in [0.15, 0.2) is 72.8 Å². The predicted molar refractivity (Wildman–Crippen MR) is 114 cm³/mol. The highest BCUT2D eigenvalue weighted by atomic mass is 35.5. The molecule has 0 radical (unpaired) electrons. The van der Waals surface area contributed by atoms with Crippen molar-refractivity contribution < 1.29 is 9.53 Å². The van der Waals surface area contributed by atoms with Gasteiger partial charge >= 0.3 is 5.97 Å². The first-order valence-electron chi connectivity index (χ1n) is 8.34. The van der Waals surface area contributed by atoms with Gasteiger partial charge in [0.25, 0.3) is 0 Å². The minimum Gasteiger partial charge on any atom is -0.421 e. The molecule has 0 spiro atoms. The molecule has 0 aliphatic heterocycles. The summed E-state index contributed by atoms with van der Waals surface area (Å²) in [6, 6.07) is 21.0. The maximum atomic E-state index is 12.9. The first-order chi connectivity index (χ1) is 13.5. The fourth-order valence-electron chi connectivity index (χ4n) is 2.83. The Morgan fingerprint density at radius 3 is 2.29 bits per heavy atom. The molecule has 0 N–H and O–H groups in total. The number of benzene rings is 3. The second kappa shape index (κ2) is 7.80. The number of halogens is 3. The third kappa shape index (κ3) is 3.83. The van der Waals surface area contributed by atoms with Gasteiger partial charge in [-0.1, -0.05) is 65.1 Å². The van der Waals surface area contributed by atoms with Crippen LogP contribution in [0.1, 0.15) is 10.4 Å². The largest absolute Gasteiger partial charge is 0.421 e. The molecule has 4 aromatic rings. The highest BCUT2D eigenvalue weighted by Crippen LogP contribution is 2.30. The molecule has 1 heterocycles. The molecule has 0 saturated heterocycles. The van der Waals surface area contributed by atoms with Crippen molar-refractivity contribution in [2.75, 3.05) is 0 Å². The van der Waals surface area contributed by atoms with Gasteiger partial charge in [-0.05, 0) is 42.5 Å². The van der Waals surface area contributed by atoms with Crippen molar-refractivity contribution >= 4 is 51.7 Å². The third-order valence-electron chi connectivity index (χ3n) is 4.17. The molecule has 0 unspecified atom stereocenters. The summed E-state index contributed by atoms with van der Waals surface area (Å²) in [6.07, 6.45) is 0. The minimum absolute atomic E-state index is 0.241. The van der Waals surface area contributed by atoms with Crippen molar-refractivity contribution in [3.8, 4) is 17.0 Å². The number of esters is 1. The highest BCUT2D eigenvalue weighted by Gasteiger charge is 2.17. The lowest BCUT2D eigenvalue weighted by Gasteiger charge is -2.11. The molecule has 0 bridgehead atoms. The van der Waals surface area contributed by atoms with Gasteiger partial charge in [-0.3, -0.25) is 0 Å². The Morgan fingerprint density at radius 2 is 1.54 bits per heavy atom. The Labute approximate surface area is 176 Å². The third-order valence-corrected chi connectivity index (χ3v) is 4.96.